The number of nitrogens with one attached hydrogen (secondary N) is 1. The van der Waals surface area contributed by atoms with Gasteiger partial charge in [-0.25, -0.2) is 0 Å². The SMILES string of the molecule is NC(=O)C1=CC=C(C(F)(F)F)NC1N. The Labute approximate surface area is 77.4 Å². The molecule has 0 saturated heterocycles. The van der Waals surface area contributed by atoms with Crippen LogP contribution >= 0.6 is 0 Å². The highest BCUT2D eigenvalue weighted by molar-refractivity contribution is 5.93. The zero-order valence-electron chi connectivity index (χ0n) is 6.93. The van der Waals surface area contributed by atoms with Gasteiger partial charge in [-0.3, -0.25) is 4.79 Å². The van der Waals surface area contributed by atoms with Crippen LogP contribution in [0.1, 0.15) is 0 Å². The maximum Gasteiger partial charge on any atom is 0.430 e. The van der Waals surface area contributed by atoms with E-state index >= 15 is 0 Å². The number of rotatable bonds is 1. The smallest absolute Gasteiger partial charge is 0.366 e. The second-order valence-electron chi connectivity index (χ2n) is 2.69. The van der Waals surface area contributed by atoms with E-state index in [0.717, 1.165) is 12.2 Å². The number of nitrogens with two attached hydrogens (primary N) is 2. The third kappa shape index (κ3) is 2.05. The molecule has 0 saturated carbocycles. The summed E-state index contributed by atoms with van der Waals surface area (Å²) in [5, 5.41) is 1.93. The number of hydrogen-bond donors (Lipinski definition) is 3. The van der Waals surface area contributed by atoms with Crippen molar-refractivity contribution in [2.45, 2.75) is 12.3 Å². The van der Waals surface area contributed by atoms with Crippen molar-refractivity contribution in [1.29, 1.82) is 0 Å². The third-order valence-electron chi connectivity index (χ3n) is 1.67. The maximum absolute atomic E-state index is 12.1. The molecule has 1 aliphatic heterocycles. The van der Waals surface area contributed by atoms with Gasteiger partial charge in [0.25, 0.3) is 0 Å². The highest BCUT2D eigenvalue weighted by Crippen LogP contribution is 2.26. The topological polar surface area (TPSA) is 81.1 Å². The molecular formula is C7H8F3N3O. The Bertz CT molecular complexity index is 319. The van der Waals surface area contributed by atoms with Crippen molar-refractivity contribution in [2.24, 2.45) is 11.5 Å². The van der Waals surface area contributed by atoms with E-state index in [4.69, 9.17) is 11.5 Å². The first-order chi connectivity index (χ1) is 6.32. The second kappa shape index (κ2) is 3.33. The van der Waals surface area contributed by atoms with Crippen LogP contribution < -0.4 is 16.8 Å². The third-order valence-corrected chi connectivity index (χ3v) is 1.67. The lowest BCUT2D eigenvalue weighted by Crippen LogP contribution is -2.47. The van der Waals surface area contributed by atoms with Crippen LogP contribution in [0.3, 0.4) is 0 Å². The van der Waals surface area contributed by atoms with Crippen LogP contribution in [0, 0.1) is 0 Å². The van der Waals surface area contributed by atoms with Crippen molar-refractivity contribution < 1.29 is 18.0 Å². The van der Waals surface area contributed by atoms with Gasteiger partial charge in [-0.1, -0.05) is 0 Å². The van der Waals surface area contributed by atoms with Gasteiger partial charge in [-0.2, -0.15) is 13.2 Å². The Hall–Kier alpha value is -1.50. The molecule has 1 heterocycles. The Morgan fingerprint density at radius 3 is 2.36 bits per heavy atom. The summed E-state index contributed by atoms with van der Waals surface area (Å²) in [6.07, 6.45) is -4.03. The summed E-state index contributed by atoms with van der Waals surface area (Å²) in [4.78, 5) is 10.6. The molecule has 0 radical (unpaired) electrons. The summed E-state index contributed by atoms with van der Waals surface area (Å²) < 4.78 is 36.3. The number of dihydropyridines is 1. The van der Waals surface area contributed by atoms with Crippen molar-refractivity contribution in [3.63, 3.8) is 0 Å². The van der Waals surface area contributed by atoms with Crippen LogP contribution in [0.4, 0.5) is 13.2 Å². The fraction of sp³-hybridized carbons (Fsp3) is 0.286. The van der Waals surface area contributed by atoms with Gasteiger partial charge in [-0.15, -0.1) is 0 Å². The van der Waals surface area contributed by atoms with Gasteiger partial charge in [0.05, 0.1) is 5.57 Å². The molecule has 7 heteroatoms. The summed E-state index contributed by atoms with van der Waals surface area (Å²) in [6, 6.07) is 0. The fourth-order valence-electron chi connectivity index (χ4n) is 0.982. The van der Waals surface area contributed by atoms with Crippen LogP contribution in [-0.4, -0.2) is 18.2 Å². The van der Waals surface area contributed by atoms with Gasteiger partial charge < -0.3 is 16.8 Å². The molecule has 0 aliphatic carbocycles. The van der Waals surface area contributed by atoms with Crippen LogP contribution in [0.25, 0.3) is 0 Å². The lowest BCUT2D eigenvalue weighted by atomic mass is 10.1. The number of carbonyl (C=O) groups is 1. The molecule has 1 atom stereocenters. The monoisotopic (exact) mass is 207 g/mol. The number of amides is 1. The molecule has 1 unspecified atom stereocenters. The molecule has 0 spiro atoms. The van der Waals surface area contributed by atoms with E-state index in [9.17, 15) is 18.0 Å². The van der Waals surface area contributed by atoms with E-state index in [0.29, 0.717) is 0 Å². The van der Waals surface area contributed by atoms with Gasteiger partial charge in [-0.05, 0) is 12.2 Å². The van der Waals surface area contributed by atoms with Gasteiger partial charge in [0.2, 0.25) is 5.91 Å². The average molecular weight is 207 g/mol. The van der Waals surface area contributed by atoms with Crippen LogP contribution in [0.2, 0.25) is 0 Å². The molecule has 0 fully saturated rings. The van der Waals surface area contributed by atoms with E-state index < -0.39 is 23.9 Å². The molecule has 4 nitrogen and oxygen atoms in total. The van der Waals surface area contributed by atoms with Crippen LogP contribution in [0.15, 0.2) is 23.4 Å². The highest BCUT2D eigenvalue weighted by atomic mass is 19.4. The quantitative estimate of drug-likeness (QED) is 0.553. The minimum atomic E-state index is -4.50. The summed E-state index contributed by atoms with van der Waals surface area (Å²) in [6.45, 7) is 0. The molecule has 14 heavy (non-hydrogen) atoms. The van der Waals surface area contributed by atoms with Crippen molar-refractivity contribution in [2.75, 3.05) is 0 Å². The number of halogens is 3. The Balaban J connectivity index is 2.95. The van der Waals surface area contributed by atoms with Crippen molar-refractivity contribution >= 4 is 5.91 Å². The molecule has 1 rings (SSSR count). The molecule has 78 valence electrons. The van der Waals surface area contributed by atoms with Crippen molar-refractivity contribution in [3.05, 3.63) is 23.4 Å². The molecular weight excluding hydrogens is 199 g/mol. The predicted molar refractivity (Wildman–Crippen MR) is 42.5 cm³/mol. The van der Waals surface area contributed by atoms with Gasteiger partial charge in [0, 0.05) is 0 Å². The average Bonchev–Trinajstić information content (AvgIpc) is 2.01. The van der Waals surface area contributed by atoms with Gasteiger partial charge >= 0.3 is 6.18 Å². The van der Waals surface area contributed by atoms with Crippen molar-refractivity contribution in [1.82, 2.24) is 5.32 Å². The first kappa shape index (κ1) is 10.6. The highest BCUT2D eigenvalue weighted by Gasteiger charge is 2.36. The molecule has 0 aromatic heterocycles. The largest absolute Gasteiger partial charge is 0.430 e. The second-order valence-corrected chi connectivity index (χ2v) is 2.69. The molecule has 0 aromatic rings. The minimum absolute atomic E-state index is 0.0852. The van der Waals surface area contributed by atoms with Gasteiger partial charge in [0.1, 0.15) is 11.9 Å². The minimum Gasteiger partial charge on any atom is -0.366 e. The Morgan fingerprint density at radius 1 is 1.43 bits per heavy atom. The predicted octanol–water partition coefficient (Wildman–Crippen LogP) is -0.268. The Morgan fingerprint density at radius 2 is 2.00 bits per heavy atom. The number of alkyl halides is 3. The zero-order valence-corrected chi connectivity index (χ0v) is 6.93. The van der Waals surface area contributed by atoms with E-state index in [1.54, 1.807) is 0 Å². The lowest BCUT2D eigenvalue weighted by molar-refractivity contribution is -0.115. The summed E-state index contributed by atoms with van der Waals surface area (Å²) >= 11 is 0. The first-order valence-corrected chi connectivity index (χ1v) is 3.63. The zero-order chi connectivity index (χ0) is 10.9. The molecule has 5 N–H and O–H groups in total. The first-order valence-electron chi connectivity index (χ1n) is 3.63. The Kier molecular flexibility index (Phi) is 2.52. The summed E-state index contributed by atoms with van der Waals surface area (Å²) in [5.74, 6) is -0.845. The molecule has 0 aromatic carbocycles. The van der Waals surface area contributed by atoms with Gasteiger partial charge in [0.15, 0.2) is 0 Å². The number of allylic oxidation sites excluding steroid dienone is 3. The summed E-state index contributed by atoms with van der Waals surface area (Å²) in [5.41, 5.74) is 9.04. The van der Waals surface area contributed by atoms with Crippen molar-refractivity contribution in [3.8, 4) is 0 Å². The van der Waals surface area contributed by atoms with E-state index in [-0.39, 0.29) is 5.57 Å². The number of primary amides is 1. The normalized spacial score (nSPS) is 22.1. The molecule has 0 bridgehead atoms. The number of hydrogen-bond acceptors (Lipinski definition) is 3. The number of carbonyl (C=O) groups excluding carboxylic acids is 1. The van der Waals surface area contributed by atoms with Crippen LogP contribution in [0.5, 0.6) is 0 Å². The fourth-order valence-corrected chi connectivity index (χ4v) is 0.982. The van der Waals surface area contributed by atoms with E-state index in [2.05, 4.69) is 0 Å². The summed E-state index contributed by atoms with van der Waals surface area (Å²) in [7, 11) is 0. The molecule has 1 amide bonds. The maximum atomic E-state index is 12.1. The van der Waals surface area contributed by atoms with E-state index in [1.807, 2.05) is 5.32 Å². The standard InChI is InChI=1S/C7H8F3N3O/c8-7(9,10)4-2-1-3(6(12)14)5(11)13-4/h1-2,5,13H,11H2,(H2,12,14). The lowest BCUT2D eigenvalue weighted by Gasteiger charge is -2.23. The molecule has 1 aliphatic rings. The van der Waals surface area contributed by atoms with Crippen LogP contribution in [-0.2, 0) is 4.79 Å². The van der Waals surface area contributed by atoms with E-state index in [1.165, 1.54) is 0 Å².